The van der Waals surface area contributed by atoms with Crippen LogP contribution in [0.15, 0.2) is 40.8 Å². The number of para-hydroxylation sites is 1. The maximum Gasteiger partial charge on any atom is 0.0693 e. The molecule has 2 rings (SSSR count). The first-order chi connectivity index (χ1) is 7.90. The normalized spacial score (nSPS) is 15.7. The number of ether oxygens (including phenoxy) is 1. The van der Waals surface area contributed by atoms with Crippen molar-refractivity contribution in [3.05, 3.63) is 35.9 Å². The molecule has 1 aromatic carbocycles. The fourth-order valence-corrected chi connectivity index (χ4v) is 2.31. The number of anilines is 1. The largest absolute Gasteiger partial charge is 0.380 e. The number of benzene rings is 1. The van der Waals surface area contributed by atoms with Crippen LogP contribution in [0.25, 0.3) is 0 Å². The Hall–Kier alpha value is -0.930. The predicted octanol–water partition coefficient (Wildman–Crippen LogP) is 3.17. The van der Waals surface area contributed by atoms with Crippen LogP contribution in [-0.2, 0) is 4.74 Å². The molecule has 0 radical (unpaired) electrons. The monoisotopic (exact) mass is 235 g/mol. The van der Waals surface area contributed by atoms with Gasteiger partial charge in [0.2, 0.25) is 0 Å². The number of thioether (sulfide) groups is 1. The first-order valence-electron chi connectivity index (χ1n) is 5.52. The van der Waals surface area contributed by atoms with Crippen LogP contribution < -0.4 is 5.32 Å². The zero-order chi connectivity index (χ0) is 11.2. The lowest BCUT2D eigenvalue weighted by Crippen LogP contribution is -2.14. The molecule has 0 spiro atoms. The van der Waals surface area contributed by atoms with E-state index in [0.29, 0.717) is 0 Å². The van der Waals surface area contributed by atoms with Crippen molar-refractivity contribution in [3.8, 4) is 0 Å². The van der Waals surface area contributed by atoms with Crippen molar-refractivity contribution < 1.29 is 4.74 Å². The van der Waals surface area contributed by atoms with Gasteiger partial charge in [-0.1, -0.05) is 18.2 Å². The van der Waals surface area contributed by atoms with Gasteiger partial charge in [-0.25, -0.2) is 0 Å². The van der Waals surface area contributed by atoms with Crippen LogP contribution >= 0.6 is 11.8 Å². The summed E-state index contributed by atoms with van der Waals surface area (Å²) < 4.78 is 5.41. The molecule has 3 heteroatoms. The summed E-state index contributed by atoms with van der Waals surface area (Å²) in [5, 5.41) is 3.46. The van der Waals surface area contributed by atoms with E-state index >= 15 is 0 Å². The summed E-state index contributed by atoms with van der Waals surface area (Å²) in [7, 11) is 0. The smallest absolute Gasteiger partial charge is 0.0693 e. The minimum absolute atomic E-state index is 0.772. The van der Waals surface area contributed by atoms with Crippen molar-refractivity contribution in [1.82, 2.24) is 0 Å². The van der Waals surface area contributed by atoms with Crippen LogP contribution in [0.3, 0.4) is 0 Å². The number of hydrogen-bond donors (Lipinski definition) is 1. The molecule has 1 aromatic rings. The van der Waals surface area contributed by atoms with Gasteiger partial charge in [0.15, 0.2) is 0 Å². The van der Waals surface area contributed by atoms with Crippen LogP contribution in [-0.4, -0.2) is 26.0 Å². The predicted molar refractivity (Wildman–Crippen MR) is 70.2 cm³/mol. The first-order valence-corrected chi connectivity index (χ1v) is 6.75. The maximum absolute atomic E-state index is 5.41. The topological polar surface area (TPSA) is 21.3 Å². The third-order valence-corrected chi connectivity index (χ3v) is 3.39. The van der Waals surface area contributed by atoms with Gasteiger partial charge in [0.25, 0.3) is 0 Å². The average Bonchev–Trinajstić information content (AvgIpc) is 2.38. The van der Waals surface area contributed by atoms with E-state index in [0.717, 1.165) is 26.2 Å². The third-order valence-electron chi connectivity index (χ3n) is 2.60. The van der Waals surface area contributed by atoms with E-state index in [1.807, 2.05) is 0 Å². The Kier molecular flexibility index (Phi) is 4.31. The molecule has 2 nitrogen and oxygen atoms in total. The number of rotatable bonds is 4. The molecule has 0 atom stereocenters. The van der Waals surface area contributed by atoms with Gasteiger partial charge in [0, 0.05) is 17.1 Å². The van der Waals surface area contributed by atoms with Gasteiger partial charge < -0.3 is 10.1 Å². The van der Waals surface area contributed by atoms with E-state index in [2.05, 4.69) is 41.9 Å². The summed E-state index contributed by atoms with van der Waals surface area (Å²) in [5.41, 5.74) is 2.56. The van der Waals surface area contributed by atoms with E-state index in [9.17, 15) is 0 Å². The molecule has 1 aliphatic heterocycles. The second-order valence-electron chi connectivity index (χ2n) is 3.76. The molecule has 1 heterocycles. The van der Waals surface area contributed by atoms with Gasteiger partial charge in [-0.15, -0.1) is 11.8 Å². The summed E-state index contributed by atoms with van der Waals surface area (Å²) in [6, 6.07) is 8.39. The van der Waals surface area contributed by atoms with E-state index < -0.39 is 0 Å². The van der Waals surface area contributed by atoms with Crippen LogP contribution in [0.4, 0.5) is 5.69 Å². The molecule has 0 unspecified atom stereocenters. The van der Waals surface area contributed by atoms with Crippen molar-refractivity contribution in [2.24, 2.45) is 0 Å². The Morgan fingerprint density at radius 3 is 3.00 bits per heavy atom. The Bertz CT molecular complexity index is 376. The SMILES string of the molecule is CSc1ccccc1NCC1=CCCOC1. The van der Waals surface area contributed by atoms with E-state index in [-0.39, 0.29) is 0 Å². The highest BCUT2D eigenvalue weighted by molar-refractivity contribution is 7.98. The Morgan fingerprint density at radius 1 is 1.38 bits per heavy atom. The fourth-order valence-electron chi connectivity index (χ4n) is 1.73. The molecular weight excluding hydrogens is 218 g/mol. The molecular formula is C13H17NOS. The summed E-state index contributed by atoms with van der Waals surface area (Å²) in [5.74, 6) is 0. The highest BCUT2D eigenvalue weighted by Gasteiger charge is 2.04. The molecule has 86 valence electrons. The molecule has 0 fully saturated rings. The van der Waals surface area contributed by atoms with Crippen LogP contribution in [0.2, 0.25) is 0 Å². The summed E-state index contributed by atoms with van der Waals surface area (Å²) in [6.45, 7) is 2.52. The fraction of sp³-hybridized carbons (Fsp3) is 0.385. The van der Waals surface area contributed by atoms with E-state index in [4.69, 9.17) is 4.74 Å². The Morgan fingerprint density at radius 2 is 2.25 bits per heavy atom. The van der Waals surface area contributed by atoms with Crippen molar-refractivity contribution >= 4 is 17.4 Å². The molecule has 0 saturated heterocycles. The summed E-state index contributed by atoms with van der Waals surface area (Å²) in [4.78, 5) is 1.29. The summed E-state index contributed by atoms with van der Waals surface area (Å²) >= 11 is 1.77. The number of nitrogens with one attached hydrogen (secondary N) is 1. The highest BCUT2D eigenvalue weighted by Crippen LogP contribution is 2.24. The molecule has 0 aromatic heterocycles. The maximum atomic E-state index is 5.41. The standard InChI is InChI=1S/C13H17NOS/c1-16-13-7-3-2-6-12(13)14-9-11-5-4-8-15-10-11/h2-3,5-7,14H,4,8-10H2,1H3. The molecule has 0 aliphatic carbocycles. The molecule has 0 bridgehead atoms. The lowest BCUT2D eigenvalue weighted by atomic mass is 10.2. The second kappa shape index (κ2) is 5.97. The van der Waals surface area contributed by atoms with Crippen molar-refractivity contribution in [2.75, 3.05) is 31.3 Å². The van der Waals surface area contributed by atoms with Crippen LogP contribution in [0.1, 0.15) is 6.42 Å². The zero-order valence-electron chi connectivity index (χ0n) is 9.53. The second-order valence-corrected chi connectivity index (χ2v) is 4.61. The Balaban J connectivity index is 1.96. The minimum Gasteiger partial charge on any atom is -0.380 e. The molecule has 1 aliphatic rings. The molecule has 0 amide bonds. The van der Waals surface area contributed by atoms with Crippen LogP contribution in [0.5, 0.6) is 0 Å². The first kappa shape index (κ1) is 11.6. The van der Waals surface area contributed by atoms with E-state index in [1.54, 1.807) is 11.8 Å². The average molecular weight is 235 g/mol. The lowest BCUT2D eigenvalue weighted by Gasteiger charge is -2.16. The molecule has 1 N–H and O–H groups in total. The van der Waals surface area contributed by atoms with Gasteiger partial charge in [-0.3, -0.25) is 0 Å². The quantitative estimate of drug-likeness (QED) is 0.640. The number of hydrogen-bond acceptors (Lipinski definition) is 3. The minimum atomic E-state index is 0.772. The lowest BCUT2D eigenvalue weighted by molar-refractivity contribution is 0.150. The van der Waals surface area contributed by atoms with Crippen molar-refractivity contribution in [1.29, 1.82) is 0 Å². The van der Waals surface area contributed by atoms with Gasteiger partial charge in [-0.05, 0) is 30.4 Å². The van der Waals surface area contributed by atoms with Crippen LogP contribution in [0, 0.1) is 0 Å². The van der Waals surface area contributed by atoms with Crippen molar-refractivity contribution in [3.63, 3.8) is 0 Å². The van der Waals surface area contributed by atoms with Gasteiger partial charge in [0.1, 0.15) is 0 Å². The van der Waals surface area contributed by atoms with Crippen molar-refractivity contribution in [2.45, 2.75) is 11.3 Å². The third kappa shape index (κ3) is 3.03. The van der Waals surface area contributed by atoms with E-state index in [1.165, 1.54) is 16.2 Å². The highest BCUT2D eigenvalue weighted by atomic mass is 32.2. The molecule has 0 saturated carbocycles. The Labute approximate surface area is 101 Å². The van der Waals surface area contributed by atoms with Gasteiger partial charge in [-0.2, -0.15) is 0 Å². The molecule has 16 heavy (non-hydrogen) atoms. The van der Waals surface area contributed by atoms with Gasteiger partial charge in [0.05, 0.1) is 13.2 Å². The zero-order valence-corrected chi connectivity index (χ0v) is 10.3. The summed E-state index contributed by atoms with van der Waals surface area (Å²) in [6.07, 6.45) is 5.42. The van der Waals surface area contributed by atoms with Gasteiger partial charge >= 0.3 is 0 Å².